The van der Waals surface area contributed by atoms with Crippen molar-refractivity contribution < 1.29 is 22.7 Å². The number of aromatic nitrogens is 3. The van der Waals surface area contributed by atoms with Crippen LogP contribution in [0.25, 0.3) is 16.7 Å². The molecule has 0 amide bonds. The van der Waals surface area contributed by atoms with Crippen LogP contribution in [0.4, 0.5) is 13.2 Å². The van der Waals surface area contributed by atoms with E-state index in [1.54, 1.807) is 6.92 Å². The van der Waals surface area contributed by atoms with Crippen molar-refractivity contribution in [2.75, 3.05) is 12.9 Å². The molecule has 2 heterocycles. The second kappa shape index (κ2) is 7.39. The number of pyridine rings is 1. The number of hydrogen-bond acceptors (Lipinski definition) is 6. The number of nitrogens with zero attached hydrogens (tertiary/aromatic N) is 3. The summed E-state index contributed by atoms with van der Waals surface area (Å²) in [6.45, 7) is 1.54. The molecule has 0 aliphatic rings. The van der Waals surface area contributed by atoms with Gasteiger partial charge in [0.05, 0.1) is 28.7 Å². The maximum absolute atomic E-state index is 14.6. The second-order valence-corrected chi connectivity index (χ2v) is 6.01. The average Bonchev–Trinajstić information content (AvgIpc) is 2.67. The monoisotopic (exact) mass is 395 g/mol. The number of carbonyl (C=O) groups excluding carboxylic acids is 1. The van der Waals surface area contributed by atoms with Crippen molar-refractivity contribution in [1.82, 2.24) is 14.5 Å². The van der Waals surface area contributed by atoms with E-state index in [-0.39, 0.29) is 17.5 Å². The van der Waals surface area contributed by atoms with Gasteiger partial charge in [0.2, 0.25) is 5.43 Å². The van der Waals surface area contributed by atoms with Crippen LogP contribution in [0.5, 0.6) is 0 Å². The number of fused-ring (bicyclic) bond motifs is 1. The first-order valence-corrected chi connectivity index (χ1v) is 8.88. The summed E-state index contributed by atoms with van der Waals surface area (Å²) < 4.78 is 48.3. The number of benzene rings is 1. The molecule has 0 saturated heterocycles. The molecule has 0 atom stereocenters. The Balaban J connectivity index is 2.60. The van der Waals surface area contributed by atoms with Crippen molar-refractivity contribution in [3.8, 4) is 5.82 Å². The predicted octanol–water partition coefficient (Wildman–Crippen LogP) is 3.10. The number of esters is 1. The Morgan fingerprint density at radius 3 is 2.59 bits per heavy atom. The highest BCUT2D eigenvalue weighted by Crippen LogP contribution is 2.30. The molecule has 0 N–H and O–H groups in total. The summed E-state index contributed by atoms with van der Waals surface area (Å²) in [7, 11) is 0. The molecule has 10 heteroatoms. The van der Waals surface area contributed by atoms with Crippen molar-refractivity contribution in [2.45, 2.75) is 11.9 Å². The molecule has 0 aliphatic carbocycles. The van der Waals surface area contributed by atoms with Crippen molar-refractivity contribution in [1.29, 1.82) is 0 Å². The highest BCUT2D eigenvalue weighted by atomic mass is 32.2. The van der Waals surface area contributed by atoms with Gasteiger partial charge in [-0.3, -0.25) is 14.3 Å². The van der Waals surface area contributed by atoms with Gasteiger partial charge < -0.3 is 4.74 Å². The summed E-state index contributed by atoms with van der Waals surface area (Å²) in [5, 5.41) is -0.547. The topological polar surface area (TPSA) is 74.1 Å². The zero-order valence-corrected chi connectivity index (χ0v) is 14.9. The van der Waals surface area contributed by atoms with Crippen LogP contribution in [0, 0.1) is 17.5 Å². The zero-order valence-electron chi connectivity index (χ0n) is 14.1. The van der Waals surface area contributed by atoms with Crippen molar-refractivity contribution in [3.63, 3.8) is 0 Å². The Labute approximate surface area is 155 Å². The number of thioether (sulfide) groups is 1. The fourth-order valence-corrected chi connectivity index (χ4v) is 3.37. The molecule has 6 nitrogen and oxygen atoms in total. The quantitative estimate of drug-likeness (QED) is 0.384. The van der Waals surface area contributed by atoms with Gasteiger partial charge in [-0.15, -0.1) is 11.8 Å². The van der Waals surface area contributed by atoms with E-state index in [1.807, 2.05) is 0 Å². The van der Waals surface area contributed by atoms with Crippen LogP contribution in [-0.2, 0) is 4.74 Å². The third-order valence-electron chi connectivity index (χ3n) is 3.70. The standard InChI is InChI=1S/C17H12F3N3O3S/c1-3-26-17(25)11-15(24)8-6-9(18)12(19)13(20)14(8)23(16(11)27-2)10-7-21-4-5-22-10/h4-7H,3H2,1-2H3. The SMILES string of the molecule is CCOC(=O)c1c(SC)n(-c2cnccn2)c2c(F)c(F)c(F)cc2c1=O. The van der Waals surface area contributed by atoms with Crippen molar-refractivity contribution in [2.24, 2.45) is 0 Å². The second-order valence-electron chi connectivity index (χ2n) is 5.22. The van der Waals surface area contributed by atoms with Crippen LogP contribution in [0.1, 0.15) is 17.3 Å². The number of hydrogen-bond donors (Lipinski definition) is 0. The van der Waals surface area contributed by atoms with E-state index in [0.717, 1.165) is 16.3 Å². The van der Waals surface area contributed by atoms with Crippen molar-refractivity contribution >= 4 is 28.6 Å². The van der Waals surface area contributed by atoms with Gasteiger partial charge >= 0.3 is 5.97 Å². The molecule has 140 valence electrons. The van der Waals surface area contributed by atoms with Gasteiger partial charge in [-0.25, -0.2) is 22.9 Å². The predicted molar refractivity (Wildman–Crippen MR) is 92.7 cm³/mol. The summed E-state index contributed by atoms with van der Waals surface area (Å²) >= 11 is 0.930. The minimum atomic E-state index is -1.74. The largest absolute Gasteiger partial charge is 0.462 e. The molecule has 0 fully saturated rings. The lowest BCUT2D eigenvalue weighted by molar-refractivity contribution is 0.0519. The molecular weight excluding hydrogens is 383 g/mol. The summed E-state index contributed by atoms with van der Waals surface area (Å²) in [6, 6.07) is 0.551. The minimum Gasteiger partial charge on any atom is -0.462 e. The highest BCUT2D eigenvalue weighted by Gasteiger charge is 2.28. The molecule has 1 aromatic carbocycles. The van der Waals surface area contributed by atoms with E-state index in [0.29, 0.717) is 6.07 Å². The normalized spacial score (nSPS) is 11.0. The fourth-order valence-electron chi connectivity index (χ4n) is 2.62. The van der Waals surface area contributed by atoms with Crippen molar-refractivity contribution in [3.05, 3.63) is 57.9 Å². The number of ether oxygens (including phenoxy) is 1. The first-order chi connectivity index (χ1) is 12.9. The number of halogens is 3. The molecule has 27 heavy (non-hydrogen) atoms. The lowest BCUT2D eigenvalue weighted by Crippen LogP contribution is -2.24. The van der Waals surface area contributed by atoms with Crippen LogP contribution in [0.2, 0.25) is 0 Å². The summed E-state index contributed by atoms with van der Waals surface area (Å²) in [4.78, 5) is 33.1. The Bertz CT molecular complexity index is 1100. The molecule has 0 bridgehead atoms. The number of rotatable bonds is 4. The summed E-state index contributed by atoms with van der Waals surface area (Å²) in [5.74, 6) is -5.80. The third-order valence-corrected chi connectivity index (χ3v) is 4.47. The maximum atomic E-state index is 14.6. The zero-order chi connectivity index (χ0) is 19.7. The van der Waals surface area contributed by atoms with Gasteiger partial charge in [-0.1, -0.05) is 0 Å². The van der Waals surface area contributed by atoms with Crippen LogP contribution in [0.15, 0.2) is 34.5 Å². The van der Waals surface area contributed by atoms with Crippen LogP contribution in [-0.4, -0.2) is 33.4 Å². The Morgan fingerprint density at radius 2 is 2.00 bits per heavy atom. The minimum absolute atomic E-state index is 0.0125. The molecule has 3 aromatic rings. The number of carbonyl (C=O) groups is 1. The highest BCUT2D eigenvalue weighted by molar-refractivity contribution is 7.98. The molecule has 0 unspecified atom stereocenters. The molecule has 3 rings (SSSR count). The Hall–Kier alpha value is -2.88. The van der Waals surface area contributed by atoms with Crippen LogP contribution in [0.3, 0.4) is 0 Å². The van der Waals surface area contributed by atoms with Crippen LogP contribution >= 0.6 is 11.8 Å². The van der Waals surface area contributed by atoms with Gasteiger partial charge in [0.15, 0.2) is 23.3 Å². The first-order valence-electron chi connectivity index (χ1n) is 7.66. The molecule has 0 saturated carbocycles. The van der Waals surface area contributed by atoms with Gasteiger partial charge in [-0.2, -0.15) is 0 Å². The maximum Gasteiger partial charge on any atom is 0.344 e. The van der Waals surface area contributed by atoms with Gasteiger partial charge in [-0.05, 0) is 19.2 Å². The third kappa shape index (κ3) is 3.05. The van der Waals surface area contributed by atoms with Crippen LogP contribution < -0.4 is 5.43 Å². The summed E-state index contributed by atoms with van der Waals surface area (Å²) in [6.07, 6.45) is 5.42. The van der Waals surface area contributed by atoms with Gasteiger partial charge in [0, 0.05) is 12.4 Å². The molecule has 0 spiro atoms. The Kier molecular flexibility index (Phi) is 5.17. The van der Waals surface area contributed by atoms with Gasteiger partial charge in [0.1, 0.15) is 5.56 Å². The fraction of sp³-hybridized carbons (Fsp3) is 0.176. The lowest BCUT2D eigenvalue weighted by Gasteiger charge is -2.18. The Morgan fingerprint density at radius 1 is 1.26 bits per heavy atom. The van der Waals surface area contributed by atoms with E-state index in [9.17, 15) is 22.8 Å². The van der Waals surface area contributed by atoms with E-state index in [4.69, 9.17) is 4.74 Å². The summed E-state index contributed by atoms with van der Waals surface area (Å²) in [5.41, 5.74) is -1.93. The van der Waals surface area contributed by atoms with E-state index < -0.39 is 45.3 Å². The molecule has 0 radical (unpaired) electrons. The van der Waals surface area contributed by atoms with E-state index >= 15 is 0 Å². The smallest absolute Gasteiger partial charge is 0.344 e. The molecule has 0 aliphatic heterocycles. The average molecular weight is 395 g/mol. The van der Waals surface area contributed by atoms with Gasteiger partial charge in [0.25, 0.3) is 0 Å². The molecule has 2 aromatic heterocycles. The first kappa shape index (κ1) is 18.9. The van der Waals surface area contributed by atoms with E-state index in [2.05, 4.69) is 9.97 Å². The lowest BCUT2D eigenvalue weighted by atomic mass is 10.1. The van der Waals surface area contributed by atoms with E-state index in [1.165, 1.54) is 24.8 Å². The molecular formula is C17H12F3N3O3S.